The summed E-state index contributed by atoms with van der Waals surface area (Å²) in [6, 6.07) is 1.39. The number of carbonyl (C=O) groups excluding carboxylic acids is 1. The van der Waals surface area contributed by atoms with Crippen LogP contribution in [-0.2, 0) is 19.6 Å². The van der Waals surface area contributed by atoms with E-state index in [4.69, 9.17) is 5.11 Å². The average Bonchev–Trinajstić information content (AvgIpc) is 2.57. The lowest BCUT2D eigenvalue weighted by molar-refractivity contribution is -0.137. The van der Waals surface area contributed by atoms with Crippen LogP contribution in [0.25, 0.3) is 0 Å². The lowest BCUT2D eigenvalue weighted by Crippen LogP contribution is -2.23. The molecule has 0 saturated carbocycles. The van der Waals surface area contributed by atoms with Crippen molar-refractivity contribution in [2.24, 2.45) is 0 Å². The fourth-order valence-electron chi connectivity index (χ4n) is 1.15. The number of thiophene rings is 1. The molecule has 0 radical (unpaired) electrons. The number of rotatable bonds is 5. The van der Waals surface area contributed by atoms with Crippen LogP contribution in [0.1, 0.15) is 15.2 Å². The third-order valence-corrected chi connectivity index (χ3v) is 4.32. The van der Waals surface area contributed by atoms with E-state index in [1.54, 1.807) is 6.92 Å². The number of aryl methyl sites for hydroxylation is 1. The van der Waals surface area contributed by atoms with Gasteiger partial charge in [0.1, 0.15) is 9.88 Å². The van der Waals surface area contributed by atoms with Crippen LogP contribution in [0.2, 0.25) is 0 Å². The normalized spacial score (nSPS) is 11.0. The summed E-state index contributed by atoms with van der Waals surface area (Å²) in [4.78, 5) is 21.7. The molecule has 1 rings (SSSR count). The van der Waals surface area contributed by atoms with Gasteiger partial charge in [-0.25, -0.2) is 13.2 Å². The van der Waals surface area contributed by atoms with E-state index in [9.17, 15) is 18.0 Å². The van der Waals surface area contributed by atoms with Crippen LogP contribution in [0.4, 0.5) is 5.00 Å². The molecule has 100 valence electrons. The van der Waals surface area contributed by atoms with Crippen LogP contribution in [0.15, 0.2) is 6.07 Å². The number of ether oxygens (including phenoxy) is 1. The van der Waals surface area contributed by atoms with Gasteiger partial charge in [-0.3, -0.25) is 9.52 Å². The highest BCUT2D eigenvalue weighted by molar-refractivity contribution is 7.93. The van der Waals surface area contributed by atoms with E-state index < -0.39 is 27.7 Å². The van der Waals surface area contributed by atoms with Crippen LogP contribution in [-0.4, -0.2) is 38.3 Å². The summed E-state index contributed by atoms with van der Waals surface area (Å²) in [5.74, 6) is -2.84. The average molecular weight is 293 g/mol. The molecule has 0 bridgehead atoms. The second-order valence-electron chi connectivity index (χ2n) is 3.37. The SMILES string of the molecule is COC(=O)CS(=O)(=O)Nc1cc(C)c(C(=O)O)s1. The zero-order valence-corrected chi connectivity index (χ0v) is 11.2. The van der Waals surface area contributed by atoms with Gasteiger partial charge >= 0.3 is 11.9 Å². The highest BCUT2D eigenvalue weighted by Crippen LogP contribution is 2.27. The maximum absolute atomic E-state index is 11.5. The Morgan fingerprint density at radius 1 is 1.50 bits per heavy atom. The summed E-state index contributed by atoms with van der Waals surface area (Å²) < 4.78 is 29.4. The Hall–Kier alpha value is -1.61. The molecule has 0 spiro atoms. The standard InChI is InChI=1S/C9H11NO6S2/c1-5-3-6(17-8(5)9(12)13)10-18(14,15)4-7(11)16-2/h3,10H,4H2,1-2H3,(H,12,13). The first-order valence-corrected chi connectivity index (χ1v) is 7.13. The molecule has 0 aliphatic carbocycles. The molecule has 0 fully saturated rings. The maximum atomic E-state index is 11.5. The monoisotopic (exact) mass is 293 g/mol. The number of nitrogens with one attached hydrogen (secondary N) is 1. The molecule has 1 heterocycles. The van der Waals surface area contributed by atoms with Gasteiger partial charge in [-0.2, -0.15) is 0 Å². The van der Waals surface area contributed by atoms with Crippen LogP contribution in [0, 0.1) is 6.92 Å². The minimum absolute atomic E-state index is 0.0470. The first-order valence-electron chi connectivity index (χ1n) is 4.66. The third-order valence-electron chi connectivity index (χ3n) is 1.90. The molecular formula is C9H11NO6S2. The first-order chi connectivity index (χ1) is 8.25. The summed E-state index contributed by atoms with van der Waals surface area (Å²) in [5.41, 5.74) is 0.447. The highest BCUT2D eigenvalue weighted by Gasteiger charge is 2.19. The molecule has 0 unspecified atom stereocenters. The summed E-state index contributed by atoms with van der Waals surface area (Å²) in [7, 11) is -2.80. The van der Waals surface area contributed by atoms with Crippen LogP contribution in [0.3, 0.4) is 0 Å². The van der Waals surface area contributed by atoms with E-state index >= 15 is 0 Å². The number of carboxylic acid groups (broad SMARTS) is 1. The molecule has 0 aliphatic rings. The predicted octanol–water partition coefficient (Wildman–Crippen LogP) is 0.669. The van der Waals surface area contributed by atoms with Gasteiger partial charge in [0.25, 0.3) is 0 Å². The Balaban J connectivity index is 2.88. The van der Waals surface area contributed by atoms with Gasteiger partial charge in [0.15, 0.2) is 5.75 Å². The van der Waals surface area contributed by atoms with Crippen molar-refractivity contribution in [2.45, 2.75) is 6.92 Å². The quantitative estimate of drug-likeness (QED) is 0.772. The van der Waals surface area contributed by atoms with Crippen LogP contribution >= 0.6 is 11.3 Å². The van der Waals surface area contributed by atoms with Crippen molar-refractivity contribution >= 4 is 38.3 Å². The topological polar surface area (TPSA) is 110 Å². The van der Waals surface area contributed by atoms with Gasteiger partial charge in [-0.05, 0) is 18.6 Å². The number of esters is 1. The second kappa shape index (κ2) is 5.36. The van der Waals surface area contributed by atoms with Crippen LogP contribution in [0.5, 0.6) is 0 Å². The molecule has 2 N–H and O–H groups in total. The summed E-state index contributed by atoms with van der Waals surface area (Å²) in [6.45, 7) is 1.55. The van der Waals surface area contributed by atoms with E-state index in [1.807, 2.05) is 0 Å². The zero-order valence-electron chi connectivity index (χ0n) is 9.59. The van der Waals surface area contributed by atoms with Gasteiger partial charge in [-0.15, -0.1) is 11.3 Å². The first kappa shape index (κ1) is 14.5. The van der Waals surface area contributed by atoms with Crippen molar-refractivity contribution in [3.8, 4) is 0 Å². The number of sulfonamides is 1. The summed E-state index contributed by atoms with van der Waals surface area (Å²) in [5, 5.41) is 8.97. The third kappa shape index (κ3) is 3.70. The molecule has 0 aromatic carbocycles. The Morgan fingerprint density at radius 2 is 2.11 bits per heavy atom. The van der Waals surface area contributed by atoms with Crippen molar-refractivity contribution in [3.05, 3.63) is 16.5 Å². The van der Waals surface area contributed by atoms with Gasteiger partial charge < -0.3 is 9.84 Å². The molecule has 1 aromatic rings. The van der Waals surface area contributed by atoms with Crippen molar-refractivity contribution < 1.29 is 27.9 Å². The number of anilines is 1. The van der Waals surface area contributed by atoms with Gasteiger partial charge in [0.05, 0.1) is 7.11 Å². The molecule has 9 heteroatoms. The Bertz CT molecular complexity index is 574. The zero-order chi connectivity index (χ0) is 13.9. The molecule has 0 amide bonds. The van der Waals surface area contributed by atoms with Gasteiger partial charge in [-0.1, -0.05) is 0 Å². The van der Waals surface area contributed by atoms with E-state index in [1.165, 1.54) is 6.07 Å². The molecule has 0 aliphatic heterocycles. The smallest absolute Gasteiger partial charge is 0.346 e. The lowest BCUT2D eigenvalue weighted by atomic mass is 10.3. The number of hydrogen-bond donors (Lipinski definition) is 2. The number of carbonyl (C=O) groups is 2. The highest BCUT2D eigenvalue weighted by atomic mass is 32.2. The van der Waals surface area contributed by atoms with E-state index in [2.05, 4.69) is 9.46 Å². The molecule has 7 nitrogen and oxygen atoms in total. The van der Waals surface area contributed by atoms with Crippen molar-refractivity contribution in [1.82, 2.24) is 0 Å². The number of methoxy groups -OCH3 is 1. The predicted molar refractivity (Wildman–Crippen MR) is 65.4 cm³/mol. The van der Waals surface area contributed by atoms with Gasteiger partial charge in [0.2, 0.25) is 10.0 Å². The van der Waals surface area contributed by atoms with Crippen LogP contribution < -0.4 is 4.72 Å². The summed E-state index contributed by atoms with van der Waals surface area (Å²) in [6.07, 6.45) is 0. The number of carboxylic acids is 1. The minimum atomic E-state index is -3.88. The second-order valence-corrected chi connectivity index (χ2v) is 6.14. The van der Waals surface area contributed by atoms with Crippen molar-refractivity contribution in [1.29, 1.82) is 0 Å². The van der Waals surface area contributed by atoms with E-state index in [0.29, 0.717) is 5.56 Å². The number of aromatic carboxylic acids is 1. The summed E-state index contributed by atoms with van der Waals surface area (Å²) >= 11 is 0.787. The number of hydrogen-bond acceptors (Lipinski definition) is 6. The molecular weight excluding hydrogens is 282 g/mol. The molecule has 0 saturated heterocycles. The van der Waals surface area contributed by atoms with Crippen molar-refractivity contribution in [3.63, 3.8) is 0 Å². The molecule has 0 atom stereocenters. The van der Waals surface area contributed by atoms with Gasteiger partial charge in [0, 0.05) is 0 Å². The Morgan fingerprint density at radius 3 is 2.56 bits per heavy atom. The van der Waals surface area contributed by atoms with Crippen molar-refractivity contribution in [2.75, 3.05) is 17.6 Å². The maximum Gasteiger partial charge on any atom is 0.346 e. The fourth-order valence-corrected chi connectivity index (χ4v) is 3.32. The Labute approximate surface area is 107 Å². The molecule has 18 heavy (non-hydrogen) atoms. The largest absolute Gasteiger partial charge is 0.477 e. The minimum Gasteiger partial charge on any atom is -0.477 e. The van der Waals surface area contributed by atoms with E-state index in [0.717, 1.165) is 18.4 Å². The lowest BCUT2D eigenvalue weighted by Gasteiger charge is -2.03. The van der Waals surface area contributed by atoms with E-state index in [-0.39, 0.29) is 9.88 Å². The molecule has 1 aromatic heterocycles. The Kier molecular flexibility index (Phi) is 4.30. The fraction of sp³-hybridized carbons (Fsp3) is 0.333.